The number of para-hydroxylation sites is 1. The van der Waals surface area contributed by atoms with Gasteiger partial charge in [0.1, 0.15) is 11.5 Å². The number of carbonyl (C=O) groups excluding carboxylic acids is 2. The van der Waals surface area contributed by atoms with Crippen molar-refractivity contribution in [2.45, 2.75) is 6.42 Å². The maximum atomic E-state index is 12.8. The number of benzene rings is 2. The van der Waals surface area contributed by atoms with Crippen molar-refractivity contribution in [3.8, 4) is 11.5 Å². The van der Waals surface area contributed by atoms with Gasteiger partial charge >= 0.3 is 0 Å². The highest BCUT2D eigenvalue weighted by Gasteiger charge is 2.28. The van der Waals surface area contributed by atoms with E-state index in [4.69, 9.17) is 4.74 Å². The number of piperazine rings is 1. The molecule has 7 nitrogen and oxygen atoms in total. The summed E-state index contributed by atoms with van der Waals surface area (Å²) >= 11 is 0. The first-order chi connectivity index (χ1) is 14.1. The Bertz CT molecular complexity index is 922. The molecule has 0 spiro atoms. The Labute approximate surface area is 170 Å². The molecule has 0 radical (unpaired) electrons. The number of methoxy groups -OCH3 is 1. The molecule has 4 rings (SSSR count). The highest BCUT2D eigenvalue weighted by Crippen LogP contribution is 2.28. The Hall–Kier alpha value is -3.06. The maximum Gasteiger partial charge on any atom is 0.257 e. The molecule has 0 saturated carbocycles. The first-order valence-electron chi connectivity index (χ1n) is 9.83. The van der Waals surface area contributed by atoms with Crippen LogP contribution >= 0.6 is 0 Å². The summed E-state index contributed by atoms with van der Waals surface area (Å²) in [5.74, 6) is 0.317. The molecule has 2 aliphatic heterocycles. The Morgan fingerprint density at radius 3 is 2.52 bits per heavy atom. The molecular formula is C22H25N3O4. The van der Waals surface area contributed by atoms with E-state index in [2.05, 4.69) is 11.0 Å². The first kappa shape index (κ1) is 19.3. The molecule has 2 aromatic rings. The first-order valence-corrected chi connectivity index (χ1v) is 9.83. The summed E-state index contributed by atoms with van der Waals surface area (Å²) in [4.78, 5) is 31.2. The zero-order valence-electron chi connectivity index (χ0n) is 16.5. The molecule has 0 aliphatic carbocycles. The van der Waals surface area contributed by atoms with Gasteiger partial charge in [-0.2, -0.15) is 0 Å². The Morgan fingerprint density at radius 1 is 1.03 bits per heavy atom. The molecule has 7 heteroatoms. The second-order valence-corrected chi connectivity index (χ2v) is 7.38. The van der Waals surface area contributed by atoms with Crippen LogP contribution in [0.2, 0.25) is 0 Å². The number of amides is 2. The molecule has 0 atom stereocenters. The van der Waals surface area contributed by atoms with Crippen LogP contribution in [0.25, 0.3) is 0 Å². The van der Waals surface area contributed by atoms with Gasteiger partial charge in [0.2, 0.25) is 5.91 Å². The summed E-state index contributed by atoms with van der Waals surface area (Å²) in [6.07, 6.45) is 0.898. The number of hydrogen-bond acceptors (Lipinski definition) is 5. The summed E-state index contributed by atoms with van der Waals surface area (Å²) in [6.45, 7) is 3.38. The van der Waals surface area contributed by atoms with E-state index in [1.165, 1.54) is 18.7 Å². The van der Waals surface area contributed by atoms with Crippen molar-refractivity contribution in [2.24, 2.45) is 0 Å². The molecule has 1 fully saturated rings. The van der Waals surface area contributed by atoms with Crippen LogP contribution in [0.5, 0.6) is 11.5 Å². The van der Waals surface area contributed by atoms with E-state index < -0.39 is 0 Å². The van der Waals surface area contributed by atoms with Crippen LogP contribution < -0.4 is 9.64 Å². The number of ether oxygens (including phenoxy) is 1. The minimum Gasteiger partial charge on any atom is -0.507 e. The van der Waals surface area contributed by atoms with Crippen molar-refractivity contribution in [3.63, 3.8) is 0 Å². The predicted molar refractivity (Wildman–Crippen MR) is 110 cm³/mol. The average molecular weight is 395 g/mol. The standard InChI is InChI=1S/C22H25N3O4/c1-29-17-6-7-18(20(26)14-17)22(28)24-12-10-23(11-13-24)15-21(27)25-9-8-16-4-2-3-5-19(16)25/h2-7,14,26H,8-13,15H2,1H3. The number of anilines is 1. The van der Waals surface area contributed by atoms with Crippen molar-refractivity contribution in [1.29, 1.82) is 0 Å². The number of carbonyl (C=O) groups is 2. The van der Waals surface area contributed by atoms with Gasteiger partial charge < -0.3 is 19.6 Å². The quantitative estimate of drug-likeness (QED) is 0.854. The predicted octanol–water partition coefficient (Wildman–Crippen LogP) is 1.75. The van der Waals surface area contributed by atoms with Crippen LogP contribution in [0, 0.1) is 0 Å². The highest BCUT2D eigenvalue weighted by molar-refractivity contribution is 5.98. The van der Waals surface area contributed by atoms with Crippen LogP contribution in [-0.2, 0) is 11.2 Å². The molecule has 29 heavy (non-hydrogen) atoms. The average Bonchev–Trinajstić information content (AvgIpc) is 3.18. The van der Waals surface area contributed by atoms with E-state index in [1.807, 2.05) is 23.1 Å². The maximum absolute atomic E-state index is 12.8. The fraction of sp³-hybridized carbons (Fsp3) is 0.364. The number of fused-ring (bicyclic) bond motifs is 1. The van der Waals surface area contributed by atoms with E-state index in [1.54, 1.807) is 17.0 Å². The third-order valence-electron chi connectivity index (χ3n) is 5.64. The smallest absolute Gasteiger partial charge is 0.257 e. The molecule has 152 valence electrons. The van der Waals surface area contributed by atoms with Crippen LogP contribution in [0.15, 0.2) is 42.5 Å². The fourth-order valence-electron chi connectivity index (χ4n) is 3.97. The molecule has 1 N–H and O–H groups in total. The van der Waals surface area contributed by atoms with Crippen molar-refractivity contribution in [3.05, 3.63) is 53.6 Å². The third-order valence-corrected chi connectivity index (χ3v) is 5.64. The number of hydrogen-bond donors (Lipinski definition) is 1. The molecular weight excluding hydrogens is 370 g/mol. The van der Waals surface area contributed by atoms with Crippen molar-refractivity contribution in [2.75, 3.05) is 51.3 Å². The number of aromatic hydroxyl groups is 1. The zero-order valence-corrected chi connectivity index (χ0v) is 16.5. The van der Waals surface area contributed by atoms with Crippen molar-refractivity contribution >= 4 is 17.5 Å². The number of rotatable bonds is 4. The van der Waals surface area contributed by atoms with E-state index in [9.17, 15) is 14.7 Å². The zero-order chi connectivity index (χ0) is 20.4. The van der Waals surface area contributed by atoms with Crippen LogP contribution in [0.1, 0.15) is 15.9 Å². The SMILES string of the molecule is COc1ccc(C(=O)N2CCN(CC(=O)N3CCc4ccccc43)CC2)c(O)c1. The molecule has 0 aromatic heterocycles. The third kappa shape index (κ3) is 3.91. The summed E-state index contributed by atoms with van der Waals surface area (Å²) < 4.78 is 5.06. The van der Waals surface area contributed by atoms with E-state index in [0.717, 1.165) is 18.7 Å². The summed E-state index contributed by atoms with van der Waals surface area (Å²) in [6, 6.07) is 12.7. The number of nitrogens with zero attached hydrogens (tertiary/aromatic N) is 3. The monoisotopic (exact) mass is 395 g/mol. The topological polar surface area (TPSA) is 73.3 Å². The van der Waals surface area contributed by atoms with Gasteiger partial charge in [-0.05, 0) is 30.2 Å². The lowest BCUT2D eigenvalue weighted by Gasteiger charge is -2.35. The van der Waals surface area contributed by atoms with Gasteiger partial charge in [-0.15, -0.1) is 0 Å². The minimum atomic E-state index is -0.204. The summed E-state index contributed by atoms with van der Waals surface area (Å²) in [5.41, 5.74) is 2.50. The Morgan fingerprint density at radius 2 is 1.79 bits per heavy atom. The molecule has 0 unspecified atom stereocenters. The molecule has 2 aromatic carbocycles. The fourth-order valence-corrected chi connectivity index (χ4v) is 3.97. The van der Waals surface area contributed by atoms with Gasteiger partial charge in [-0.25, -0.2) is 0 Å². The lowest BCUT2D eigenvalue weighted by molar-refractivity contribution is -0.120. The van der Waals surface area contributed by atoms with Crippen LogP contribution in [0.4, 0.5) is 5.69 Å². The second kappa shape index (κ2) is 8.13. The molecule has 0 bridgehead atoms. The van der Waals surface area contributed by atoms with Crippen molar-refractivity contribution in [1.82, 2.24) is 9.80 Å². The summed E-state index contributed by atoms with van der Waals surface area (Å²) in [5, 5.41) is 10.1. The second-order valence-electron chi connectivity index (χ2n) is 7.38. The van der Waals surface area contributed by atoms with Crippen LogP contribution in [0.3, 0.4) is 0 Å². The van der Waals surface area contributed by atoms with Gasteiger partial charge in [-0.1, -0.05) is 18.2 Å². The van der Waals surface area contributed by atoms with Gasteiger partial charge in [-0.3, -0.25) is 14.5 Å². The Balaban J connectivity index is 1.33. The lowest BCUT2D eigenvalue weighted by atomic mass is 10.1. The minimum absolute atomic E-state index is 0.0837. The molecule has 2 aliphatic rings. The highest BCUT2D eigenvalue weighted by atomic mass is 16.5. The van der Waals surface area contributed by atoms with Gasteiger partial charge in [0, 0.05) is 44.5 Å². The largest absolute Gasteiger partial charge is 0.507 e. The van der Waals surface area contributed by atoms with E-state index in [0.29, 0.717) is 38.5 Å². The van der Waals surface area contributed by atoms with E-state index in [-0.39, 0.29) is 23.1 Å². The van der Waals surface area contributed by atoms with Gasteiger partial charge in [0.05, 0.1) is 19.2 Å². The summed E-state index contributed by atoms with van der Waals surface area (Å²) in [7, 11) is 1.51. The lowest BCUT2D eigenvalue weighted by Crippen LogP contribution is -2.51. The number of phenolic OH excluding ortho intramolecular Hbond substituents is 1. The molecule has 1 saturated heterocycles. The van der Waals surface area contributed by atoms with Gasteiger partial charge in [0.15, 0.2) is 0 Å². The van der Waals surface area contributed by atoms with Crippen molar-refractivity contribution < 1.29 is 19.4 Å². The van der Waals surface area contributed by atoms with Gasteiger partial charge in [0.25, 0.3) is 5.91 Å². The van der Waals surface area contributed by atoms with Crippen LogP contribution in [-0.4, -0.2) is 73.1 Å². The Kier molecular flexibility index (Phi) is 5.40. The molecule has 2 heterocycles. The van der Waals surface area contributed by atoms with E-state index >= 15 is 0 Å². The number of phenols is 1. The normalized spacial score (nSPS) is 16.6. The molecule has 2 amide bonds.